The van der Waals surface area contributed by atoms with Crippen LogP contribution in [-0.2, 0) is 40.3 Å². The zero-order valence-corrected chi connectivity index (χ0v) is 31.8. The third-order valence-electron chi connectivity index (χ3n) is 9.49. The number of nitrogens with one attached hydrogen (secondary N) is 2. The SMILES string of the molecule is Cc1ccc2c(NC(=O)Nc3c4ccc(C)c3S(=O)(=O)N4c3ccc4cccc(S(=O)(=O)O)c4c3O)c1S(=O)(=O)N2c1ccc2cccc(S(=O)(=O)O)c2c1O. The first-order valence-electron chi connectivity index (χ1n) is 16.1. The minimum absolute atomic E-state index is 0.161. The van der Waals surface area contributed by atoms with Gasteiger partial charge < -0.3 is 20.8 Å². The summed E-state index contributed by atoms with van der Waals surface area (Å²) in [4.78, 5) is 11.7. The molecule has 21 heteroatoms. The fourth-order valence-corrected chi connectivity index (χ4v) is 12.4. The molecule has 2 aliphatic rings. The molecule has 0 aromatic heterocycles. The Morgan fingerprint density at radius 1 is 0.554 bits per heavy atom. The molecule has 0 unspecified atom stereocenters. The van der Waals surface area contributed by atoms with Crippen LogP contribution < -0.4 is 19.2 Å². The summed E-state index contributed by atoms with van der Waals surface area (Å²) in [6.45, 7) is 2.89. The number of aryl methyl sites for hydroxylation is 2. The van der Waals surface area contributed by atoms with E-state index in [9.17, 15) is 57.8 Å². The van der Waals surface area contributed by atoms with Gasteiger partial charge in [-0.2, -0.15) is 16.8 Å². The maximum absolute atomic E-state index is 14.1. The van der Waals surface area contributed by atoms with Gasteiger partial charge in [-0.25, -0.2) is 30.2 Å². The quantitative estimate of drug-likeness (QED) is 0.108. The van der Waals surface area contributed by atoms with E-state index in [1.165, 1.54) is 86.6 Å². The summed E-state index contributed by atoms with van der Waals surface area (Å²) in [5.74, 6) is -1.61. The fraction of sp³-hybridized carbons (Fsp3) is 0.0571. The van der Waals surface area contributed by atoms with Crippen molar-refractivity contribution in [2.45, 2.75) is 33.4 Å². The highest BCUT2D eigenvalue weighted by atomic mass is 32.2. The Kier molecular flexibility index (Phi) is 7.93. The highest BCUT2D eigenvalue weighted by Crippen LogP contribution is 2.55. The molecule has 56 heavy (non-hydrogen) atoms. The Labute approximate surface area is 318 Å². The van der Waals surface area contributed by atoms with E-state index in [0.29, 0.717) is 8.61 Å². The van der Waals surface area contributed by atoms with Crippen LogP contribution in [0.15, 0.2) is 105 Å². The predicted molar refractivity (Wildman–Crippen MR) is 205 cm³/mol. The lowest BCUT2D eigenvalue weighted by molar-refractivity contribution is 0.262. The number of carbonyl (C=O) groups is 1. The van der Waals surface area contributed by atoms with Crippen molar-refractivity contribution in [3.63, 3.8) is 0 Å². The van der Waals surface area contributed by atoms with Crippen molar-refractivity contribution in [3.05, 3.63) is 96.1 Å². The second-order valence-corrected chi connectivity index (χ2v) is 19.1. The van der Waals surface area contributed by atoms with Gasteiger partial charge in [0.05, 0.1) is 34.1 Å². The molecule has 2 amide bonds. The zero-order valence-electron chi connectivity index (χ0n) is 28.6. The molecule has 0 aliphatic carbocycles. The topological polar surface area (TPSA) is 265 Å². The average molecular weight is 839 g/mol. The van der Waals surface area contributed by atoms with Crippen molar-refractivity contribution in [2.24, 2.45) is 0 Å². The Hall–Kier alpha value is -5.97. The Morgan fingerprint density at radius 2 is 0.911 bits per heavy atom. The summed E-state index contributed by atoms with van der Waals surface area (Å²) in [6, 6.07) is 17.1. The molecule has 2 aliphatic heterocycles. The van der Waals surface area contributed by atoms with E-state index in [1.807, 2.05) is 0 Å². The summed E-state index contributed by atoms with van der Waals surface area (Å²) < 4.78 is 126. The fourth-order valence-electron chi connectivity index (χ4n) is 7.21. The van der Waals surface area contributed by atoms with Crippen molar-refractivity contribution in [2.75, 3.05) is 19.2 Å². The van der Waals surface area contributed by atoms with Gasteiger partial charge in [-0.05, 0) is 72.1 Å². The van der Waals surface area contributed by atoms with E-state index in [2.05, 4.69) is 10.6 Å². The van der Waals surface area contributed by atoms with E-state index in [1.54, 1.807) is 0 Å². The number of sulfonamides is 2. The molecule has 288 valence electrons. The van der Waals surface area contributed by atoms with E-state index >= 15 is 0 Å². The van der Waals surface area contributed by atoms with Crippen LogP contribution in [0.3, 0.4) is 0 Å². The van der Waals surface area contributed by atoms with Gasteiger partial charge in [0.25, 0.3) is 40.3 Å². The number of benzene rings is 6. The van der Waals surface area contributed by atoms with Crippen molar-refractivity contribution < 1.29 is 57.8 Å². The van der Waals surface area contributed by atoms with E-state index in [0.717, 1.165) is 12.1 Å². The van der Waals surface area contributed by atoms with E-state index < -0.39 is 88.8 Å². The van der Waals surface area contributed by atoms with Gasteiger partial charge in [0.1, 0.15) is 31.1 Å². The normalized spacial score (nSPS) is 15.4. The maximum Gasteiger partial charge on any atom is 0.323 e. The van der Waals surface area contributed by atoms with Gasteiger partial charge in [0.15, 0.2) is 0 Å². The lowest BCUT2D eigenvalue weighted by Gasteiger charge is -2.21. The van der Waals surface area contributed by atoms with Gasteiger partial charge in [-0.3, -0.25) is 9.11 Å². The van der Waals surface area contributed by atoms with Crippen LogP contribution in [0, 0.1) is 13.8 Å². The Balaban J connectivity index is 1.21. The van der Waals surface area contributed by atoms with Crippen LogP contribution in [0.2, 0.25) is 0 Å². The standard InChI is InChI=1S/C35H26N4O13S4/c1-17-9-13-21-29(33(17)53(43,44)38(21)23-15-11-19-5-3-7-25(55(47,48)49)27(19)31(23)40)36-35(42)37-30-22-14-10-18(2)34(30)54(45,46)39(22)24-16-12-20-6-4-8-26(56(50,51)52)28(20)32(24)41/h3-16,40-41H,1-2H3,(H2,36,37,42)(H,47,48,49)(H,50,51,52). The first-order chi connectivity index (χ1) is 26.2. The minimum atomic E-state index is -4.88. The molecule has 6 aromatic rings. The summed E-state index contributed by atoms with van der Waals surface area (Å²) in [5.41, 5.74) is -1.39. The lowest BCUT2D eigenvalue weighted by Crippen LogP contribution is -2.21. The van der Waals surface area contributed by atoms with Gasteiger partial charge in [-0.15, -0.1) is 0 Å². The third kappa shape index (κ3) is 5.27. The number of fused-ring (bicyclic) bond motifs is 6. The van der Waals surface area contributed by atoms with Gasteiger partial charge in [-0.1, -0.05) is 48.5 Å². The summed E-state index contributed by atoms with van der Waals surface area (Å²) >= 11 is 0. The Morgan fingerprint density at radius 3 is 1.27 bits per heavy atom. The second kappa shape index (κ2) is 12.0. The highest BCUT2D eigenvalue weighted by Gasteiger charge is 2.45. The van der Waals surface area contributed by atoms with E-state index in [4.69, 9.17) is 0 Å². The molecule has 0 atom stereocenters. The van der Waals surface area contributed by atoms with Crippen LogP contribution in [0.5, 0.6) is 11.5 Å². The summed E-state index contributed by atoms with van der Waals surface area (Å²) in [7, 11) is -19.0. The van der Waals surface area contributed by atoms with Crippen LogP contribution in [0.25, 0.3) is 21.5 Å². The molecular weight excluding hydrogens is 813 g/mol. The van der Waals surface area contributed by atoms with Gasteiger partial charge >= 0.3 is 6.03 Å². The van der Waals surface area contributed by atoms with E-state index in [-0.39, 0.29) is 55.4 Å². The Bertz CT molecular complexity index is 3050. The third-order valence-corrected chi connectivity index (χ3v) is 15.1. The molecule has 4 bridgehead atoms. The van der Waals surface area contributed by atoms with Gasteiger partial charge in [0.2, 0.25) is 0 Å². The largest absolute Gasteiger partial charge is 0.505 e. The first kappa shape index (κ1) is 37.0. The second-order valence-electron chi connectivity index (χ2n) is 12.9. The van der Waals surface area contributed by atoms with Crippen molar-refractivity contribution in [1.82, 2.24) is 0 Å². The minimum Gasteiger partial charge on any atom is -0.505 e. The lowest BCUT2D eigenvalue weighted by atomic mass is 10.1. The smallest absolute Gasteiger partial charge is 0.323 e. The molecule has 17 nitrogen and oxygen atoms in total. The van der Waals surface area contributed by atoms with Crippen molar-refractivity contribution >= 4 is 102 Å². The number of rotatable bonds is 6. The molecule has 0 saturated heterocycles. The molecule has 0 fully saturated rings. The summed E-state index contributed by atoms with van der Waals surface area (Å²) in [5, 5.41) is 27.3. The number of urea groups is 1. The molecule has 0 saturated carbocycles. The zero-order chi connectivity index (χ0) is 40.4. The van der Waals surface area contributed by atoms with Crippen LogP contribution in [0.1, 0.15) is 11.1 Å². The van der Waals surface area contributed by atoms with Crippen molar-refractivity contribution in [3.8, 4) is 11.5 Å². The molecule has 0 spiro atoms. The number of phenols is 2. The first-order valence-corrected chi connectivity index (χ1v) is 21.8. The number of carbonyl (C=O) groups excluding carboxylic acids is 1. The van der Waals surface area contributed by atoms with Crippen LogP contribution in [-0.4, -0.2) is 59.0 Å². The van der Waals surface area contributed by atoms with Crippen LogP contribution in [0.4, 0.5) is 38.9 Å². The molecular formula is C35H26N4O13S4. The molecule has 6 aromatic carbocycles. The highest BCUT2D eigenvalue weighted by molar-refractivity contribution is 7.94. The monoisotopic (exact) mass is 838 g/mol. The van der Waals surface area contributed by atoms with Gasteiger partial charge in [0, 0.05) is 10.8 Å². The molecule has 0 radical (unpaired) electrons. The molecule has 6 N–H and O–H groups in total. The molecule has 2 heterocycles. The number of hydrogen-bond acceptors (Lipinski definition) is 11. The number of anilines is 6. The van der Waals surface area contributed by atoms with Crippen molar-refractivity contribution in [1.29, 1.82) is 0 Å². The number of aromatic hydroxyl groups is 2. The number of hydrogen-bond donors (Lipinski definition) is 6. The van der Waals surface area contributed by atoms with Crippen LogP contribution >= 0.6 is 0 Å². The molecule has 8 rings (SSSR count). The number of phenolic OH excluding ortho intramolecular Hbond substituents is 2. The number of amides is 2. The summed E-state index contributed by atoms with van der Waals surface area (Å²) in [6.07, 6.45) is 0. The average Bonchev–Trinajstić information content (AvgIpc) is 3.35. The maximum atomic E-state index is 14.1. The predicted octanol–water partition coefficient (Wildman–Crippen LogP) is 5.84. The number of nitrogens with zero attached hydrogens (tertiary/aromatic N) is 2.